The molecule has 0 aliphatic heterocycles. The minimum atomic E-state index is 0.0619. The molecular weight excluding hydrogens is 146 g/mol. The first-order valence-corrected chi connectivity index (χ1v) is 3.81. The molecule has 0 heterocycles. The first-order chi connectivity index (χ1) is 5.31. The number of rotatable bonds is 7. The number of nitrogens with two attached hydrogens (primary N) is 1. The Hall–Kier alpha value is -0.160. The second kappa shape index (κ2) is 7.94. The molecule has 0 saturated carbocycles. The molecule has 0 bridgehead atoms. The average Bonchev–Trinajstić information content (AvgIpc) is 2.04. The molecule has 1 unspecified atom stereocenters. The summed E-state index contributed by atoms with van der Waals surface area (Å²) in [6.45, 7) is 3.93. The Balaban J connectivity index is 2.89. The minimum Gasteiger partial charge on any atom is -0.394 e. The second-order valence-electron chi connectivity index (χ2n) is 2.25. The van der Waals surface area contributed by atoms with Gasteiger partial charge in [0.05, 0.1) is 32.5 Å². The summed E-state index contributed by atoms with van der Waals surface area (Å²) in [4.78, 5) is 0. The van der Waals surface area contributed by atoms with Gasteiger partial charge in [-0.15, -0.1) is 0 Å². The SMILES string of the molecule is CC(CN)OCCOCCO. The maximum absolute atomic E-state index is 8.34. The van der Waals surface area contributed by atoms with Gasteiger partial charge in [-0.1, -0.05) is 0 Å². The highest BCUT2D eigenvalue weighted by molar-refractivity contribution is 4.47. The van der Waals surface area contributed by atoms with Crippen molar-refractivity contribution >= 4 is 0 Å². The van der Waals surface area contributed by atoms with E-state index in [0.717, 1.165) is 0 Å². The standard InChI is InChI=1S/C7H17NO3/c1-7(6-8)11-5-4-10-3-2-9/h7,9H,2-6,8H2,1H3. The Morgan fingerprint density at radius 2 is 2.09 bits per heavy atom. The van der Waals surface area contributed by atoms with Gasteiger partial charge in [0, 0.05) is 6.54 Å². The molecule has 0 fully saturated rings. The van der Waals surface area contributed by atoms with E-state index >= 15 is 0 Å². The third kappa shape index (κ3) is 7.74. The molecule has 4 heteroatoms. The van der Waals surface area contributed by atoms with Gasteiger partial charge in [-0.25, -0.2) is 0 Å². The predicted octanol–water partition coefficient (Wildman–Crippen LogP) is -0.641. The van der Waals surface area contributed by atoms with Gasteiger partial charge in [0.2, 0.25) is 0 Å². The number of aliphatic hydroxyl groups is 1. The van der Waals surface area contributed by atoms with E-state index in [9.17, 15) is 0 Å². The zero-order chi connectivity index (χ0) is 8.53. The van der Waals surface area contributed by atoms with Crippen LogP contribution in [0, 0.1) is 0 Å². The lowest BCUT2D eigenvalue weighted by Gasteiger charge is -2.09. The van der Waals surface area contributed by atoms with Crippen molar-refractivity contribution in [3.8, 4) is 0 Å². The Morgan fingerprint density at radius 3 is 2.64 bits per heavy atom. The molecule has 0 saturated heterocycles. The Labute approximate surface area is 67.3 Å². The van der Waals surface area contributed by atoms with Crippen LogP contribution in [0.2, 0.25) is 0 Å². The van der Waals surface area contributed by atoms with Crippen LogP contribution in [-0.4, -0.2) is 44.2 Å². The smallest absolute Gasteiger partial charge is 0.0704 e. The van der Waals surface area contributed by atoms with Gasteiger partial charge in [0.15, 0.2) is 0 Å². The van der Waals surface area contributed by atoms with E-state index in [1.54, 1.807) is 0 Å². The fraction of sp³-hybridized carbons (Fsp3) is 1.00. The fourth-order valence-electron chi connectivity index (χ4n) is 0.543. The van der Waals surface area contributed by atoms with E-state index in [4.69, 9.17) is 20.3 Å². The zero-order valence-corrected chi connectivity index (χ0v) is 6.95. The van der Waals surface area contributed by atoms with Gasteiger partial charge in [0.25, 0.3) is 0 Å². The zero-order valence-electron chi connectivity index (χ0n) is 6.95. The van der Waals surface area contributed by atoms with Crippen LogP contribution in [0.4, 0.5) is 0 Å². The first kappa shape index (κ1) is 10.8. The highest BCUT2D eigenvalue weighted by Gasteiger charge is 1.96. The molecule has 4 nitrogen and oxygen atoms in total. The molecule has 1 atom stereocenters. The number of aliphatic hydroxyl groups excluding tert-OH is 1. The summed E-state index contributed by atoms with van der Waals surface area (Å²) in [6, 6.07) is 0. The van der Waals surface area contributed by atoms with Gasteiger partial charge >= 0.3 is 0 Å². The van der Waals surface area contributed by atoms with Crippen LogP contribution < -0.4 is 5.73 Å². The molecule has 0 aliphatic rings. The molecule has 0 radical (unpaired) electrons. The van der Waals surface area contributed by atoms with E-state index < -0.39 is 0 Å². The normalized spacial score (nSPS) is 13.4. The van der Waals surface area contributed by atoms with E-state index in [1.807, 2.05) is 6.92 Å². The summed E-state index contributed by atoms with van der Waals surface area (Å²) in [7, 11) is 0. The summed E-state index contributed by atoms with van der Waals surface area (Å²) in [6.07, 6.45) is 0.0905. The van der Waals surface area contributed by atoms with Crippen molar-refractivity contribution in [2.75, 3.05) is 33.0 Å². The van der Waals surface area contributed by atoms with Crippen molar-refractivity contribution in [2.24, 2.45) is 5.73 Å². The molecule has 0 spiro atoms. The van der Waals surface area contributed by atoms with Crippen LogP contribution in [0.5, 0.6) is 0 Å². The van der Waals surface area contributed by atoms with Gasteiger partial charge < -0.3 is 20.3 Å². The fourth-order valence-corrected chi connectivity index (χ4v) is 0.543. The van der Waals surface area contributed by atoms with Crippen molar-refractivity contribution < 1.29 is 14.6 Å². The van der Waals surface area contributed by atoms with Gasteiger partial charge in [0.1, 0.15) is 0 Å². The molecule has 0 aromatic carbocycles. The second-order valence-corrected chi connectivity index (χ2v) is 2.25. The molecule has 3 N–H and O–H groups in total. The highest BCUT2D eigenvalue weighted by atomic mass is 16.5. The lowest BCUT2D eigenvalue weighted by molar-refractivity contribution is 0.00727. The maximum Gasteiger partial charge on any atom is 0.0704 e. The number of hydrogen-bond acceptors (Lipinski definition) is 4. The molecule has 68 valence electrons. The summed E-state index contributed by atoms with van der Waals surface area (Å²) in [5.41, 5.74) is 5.31. The highest BCUT2D eigenvalue weighted by Crippen LogP contribution is 1.86. The van der Waals surface area contributed by atoms with E-state index in [2.05, 4.69) is 0 Å². The summed E-state index contributed by atoms with van der Waals surface area (Å²) in [5.74, 6) is 0. The van der Waals surface area contributed by atoms with E-state index in [0.29, 0.717) is 26.4 Å². The van der Waals surface area contributed by atoms with Crippen LogP contribution >= 0.6 is 0 Å². The largest absolute Gasteiger partial charge is 0.394 e. The van der Waals surface area contributed by atoms with Crippen molar-refractivity contribution in [2.45, 2.75) is 13.0 Å². The summed E-state index contributed by atoms with van der Waals surface area (Å²) in [5, 5.41) is 8.34. The Morgan fingerprint density at radius 1 is 1.36 bits per heavy atom. The predicted molar refractivity (Wildman–Crippen MR) is 42.4 cm³/mol. The lowest BCUT2D eigenvalue weighted by Crippen LogP contribution is -2.22. The lowest BCUT2D eigenvalue weighted by atomic mass is 10.4. The maximum atomic E-state index is 8.34. The van der Waals surface area contributed by atoms with Crippen molar-refractivity contribution in [1.29, 1.82) is 0 Å². The third-order valence-corrected chi connectivity index (χ3v) is 1.20. The van der Waals surface area contributed by atoms with Crippen molar-refractivity contribution in [3.63, 3.8) is 0 Å². The number of hydrogen-bond donors (Lipinski definition) is 2. The molecule has 0 aromatic heterocycles. The Kier molecular flexibility index (Phi) is 7.83. The topological polar surface area (TPSA) is 64.7 Å². The quantitative estimate of drug-likeness (QED) is 0.490. The molecule has 0 aliphatic carbocycles. The minimum absolute atomic E-state index is 0.0619. The molecule has 11 heavy (non-hydrogen) atoms. The monoisotopic (exact) mass is 163 g/mol. The van der Waals surface area contributed by atoms with E-state index in [1.165, 1.54) is 0 Å². The van der Waals surface area contributed by atoms with Gasteiger partial charge in [-0.3, -0.25) is 0 Å². The van der Waals surface area contributed by atoms with Crippen LogP contribution in [0.25, 0.3) is 0 Å². The third-order valence-electron chi connectivity index (χ3n) is 1.20. The Bertz CT molecular complexity index is 80.1. The van der Waals surface area contributed by atoms with Gasteiger partial charge in [-0.2, -0.15) is 0 Å². The molecular formula is C7H17NO3. The summed E-state index contributed by atoms with van der Waals surface area (Å²) < 4.78 is 10.2. The van der Waals surface area contributed by atoms with Gasteiger partial charge in [-0.05, 0) is 6.92 Å². The average molecular weight is 163 g/mol. The molecule has 0 amide bonds. The van der Waals surface area contributed by atoms with Crippen LogP contribution in [-0.2, 0) is 9.47 Å². The molecule has 0 aromatic rings. The van der Waals surface area contributed by atoms with Crippen molar-refractivity contribution in [1.82, 2.24) is 0 Å². The van der Waals surface area contributed by atoms with Crippen LogP contribution in [0.1, 0.15) is 6.92 Å². The van der Waals surface area contributed by atoms with Crippen LogP contribution in [0.3, 0.4) is 0 Å². The first-order valence-electron chi connectivity index (χ1n) is 3.81. The van der Waals surface area contributed by atoms with Crippen LogP contribution in [0.15, 0.2) is 0 Å². The molecule has 0 rings (SSSR count). The van der Waals surface area contributed by atoms with E-state index in [-0.39, 0.29) is 12.7 Å². The summed E-state index contributed by atoms with van der Waals surface area (Å²) >= 11 is 0. The van der Waals surface area contributed by atoms with Crippen molar-refractivity contribution in [3.05, 3.63) is 0 Å². The number of ether oxygens (including phenoxy) is 2.